The second kappa shape index (κ2) is 3.98. The van der Waals surface area contributed by atoms with Crippen LogP contribution in [0.3, 0.4) is 0 Å². The van der Waals surface area contributed by atoms with Crippen molar-refractivity contribution in [3.63, 3.8) is 0 Å². The number of nitrogens with two attached hydrogens (primary N) is 1. The van der Waals surface area contributed by atoms with E-state index in [2.05, 4.69) is 5.32 Å². The standard InChI is InChI=1S/C12H20N2O3/c1-11(13,9(15)14-2)12-6-4-3-5-8(12)7-17-10(12)16/h8H,3-7,13H2,1-2H3,(H,14,15). The highest BCUT2D eigenvalue weighted by Crippen LogP contribution is 2.52. The molecule has 0 bridgehead atoms. The molecule has 0 aromatic carbocycles. The highest BCUT2D eigenvalue weighted by atomic mass is 16.5. The summed E-state index contributed by atoms with van der Waals surface area (Å²) in [6, 6.07) is 0. The number of hydrogen-bond acceptors (Lipinski definition) is 4. The lowest BCUT2D eigenvalue weighted by Gasteiger charge is -2.45. The predicted octanol–water partition coefficient (Wildman–Crippen LogP) is 0.183. The fourth-order valence-corrected chi connectivity index (χ4v) is 3.40. The van der Waals surface area contributed by atoms with Gasteiger partial charge >= 0.3 is 5.97 Å². The van der Waals surface area contributed by atoms with Crippen LogP contribution in [0, 0.1) is 11.3 Å². The minimum atomic E-state index is -1.19. The first kappa shape index (κ1) is 12.4. The molecule has 1 amide bonds. The second-order valence-corrected chi connectivity index (χ2v) is 5.29. The van der Waals surface area contributed by atoms with E-state index in [0.29, 0.717) is 13.0 Å². The minimum absolute atomic E-state index is 0.0797. The molecule has 0 aromatic rings. The van der Waals surface area contributed by atoms with E-state index in [4.69, 9.17) is 10.5 Å². The number of fused-ring (bicyclic) bond motifs is 1. The average molecular weight is 240 g/mol. The Kier molecular flexibility index (Phi) is 2.89. The van der Waals surface area contributed by atoms with E-state index in [-0.39, 0.29) is 17.8 Å². The number of hydrogen-bond donors (Lipinski definition) is 2. The molecule has 2 aliphatic rings. The quantitative estimate of drug-likeness (QED) is 0.675. The van der Waals surface area contributed by atoms with Crippen LogP contribution in [0.1, 0.15) is 32.6 Å². The summed E-state index contributed by atoms with van der Waals surface area (Å²) in [5, 5.41) is 2.56. The lowest BCUT2D eigenvalue weighted by Crippen LogP contribution is -2.66. The summed E-state index contributed by atoms with van der Waals surface area (Å²) in [4.78, 5) is 24.1. The zero-order chi connectivity index (χ0) is 12.7. The van der Waals surface area contributed by atoms with E-state index in [0.717, 1.165) is 19.3 Å². The molecule has 0 spiro atoms. The molecule has 3 N–H and O–H groups in total. The summed E-state index contributed by atoms with van der Waals surface area (Å²) < 4.78 is 5.19. The monoisotopic (exact) mass is 240 g/mol. The van der Waals surface area contributed by atoms with Crippen LogP contribution in [0.5, 0.6) is 0 Å². The van der Waals surface area contributed by atoms with Crippen molar-refractivity contribution < 1.29 is 14.3 Å². The van der Waals surface area contributed by atoms with E-state index >= 15 is 0 Å². The Morgan fingerprint density at radius 2 is 2.29 bits per heavy atom. The SMILES string of the molecule is CNC(=O)C(C)(N)C12CCCCC1COC2=O. The molecule has 1 saturated heterocycles. The Morgan fingerprint density at radius 1 is 1.59 bits per heavy atom. The van der Waals surface area contributed by atoms with Crippen molar-refractivity contribution in [2.45, 2.75) is 38.1 Å². The number of amides is 1. The maximum Gasteiger partial charge on any atom is 0.314 e. The van der Waals surface area contributed by atoms with Gasteiger partial charge in [-0.2, -0.15) is 0 Å². The number of carbonyl (C=O) groups is 2. The van der Waals surface area contributed by atoms with Gasteiger partial charge in [-0.15, -0.1) is 0 Å². The number of carbonyl (C=O) groups excluding carboxylic acids is 2. The van der Waals surface area contributed by atoms with Crippen LogP contribution < -0.4 is 11.1 Å². The van der Waals surface area contributed by atoms with E-state index in [1.807, 2.05) is 0 Å². The minimum Gasteiger partial charge on any atom is -0.465 e. The molecule has 2 rings (SSSR count). The topological polar surface area (TPSA) is 81.4 Å². The van der Waals surface area contributed by atoms with Crippen molar-refractivity contribution in [3.05, 3.63) is 0 Å². The van der Waals surface area contributed by atoms with Gasteiger partial charge in [0.1, 0.15) is 11.0 Å². The van der Waals surface area contributed by atoms with Crippen molar-refractivity contribution >= 4 is 11.9 Å². The number of nitrogens with one attached hydrogen (secondary N) is 1. The molecule has 17 heavy (non-hydrogen) atoms. The van der Waals surface area contributed by atoms with Gasteiger partial charge in [-0.1, -0.05) is 12.8 Å². The van der Waals surface area contributed by atoms with Crippen molar-refractivity contribution in [2.24, 2.45) is 17.1 Å². The lowest BCUT2D eigenvalue weighted by molar-refractivity contribution is -0.156. The zero-order valence-corrected chi connectivity index (χ0v) is 10.4. The summed E-state index contributed by atoms with van der Waals surface area (Å²) >= 11 is 0. The highest BCUT2D eigenvalue weighted by Gasteiger charge is 2.64. The van der Waals surface area contributed by atoms with Crippen LogP contribution in [0.2, 0.25) is 0 Å². The Morgan fingerprint density at radius 3 is 2.94 bits per heavy atom. The van der Waals surface area contributed by atoms with Crippen molar-refractivity contribution in [1.82, 2.24) is 5.32 Å². The van der Waals surface area contributed by atoms with Gasteiger partial charge in [0, 0.05) is 13.0 Å². The van der Waals surface area contributed by atoms with Crippen LogP contribution >= 0.6 is 0 Å². The Labute approximate surface area is 101 Å². The number of cyclic esters (lactones) is 1. The molecular weight excluding hydrogens is 220 g/mol. The fraction of sp³-hybridized carbons (Fsp3) is 0.833. The van der Waals surface area contributed by atoms with Crippen molar-refractivity contribution in [1.29, 1.82) is 0 Å². The fourth-order valence-electron chi connectivity index (χ4n) is 3.40. The van der Waals surface area contributed by atoms with E-state index in [9.17, 15) is 9.59 Å². The Balaban J connectivity index is 2.43. The number of rotatable bonds is 2. The first-order chi connectivity index (χ1) is 7.96. The molecule has 5 heteroatoms. The first-order valence-electron chi connectivity index (χ1n) is 6.15. The Hall–Kier alpha value is -1.10. The average Bonchev–Trinajstić information content (AvgIpc) is 2.68. The number of ether oxygens (including phenoxy) is 1. The third-order valence-corrected chi connectivity index (χ3v) is 4.48. The van der Waals surface area contributed by atoms with E-state index < -0.39 is 11.0 Å². The molecule has 3 atom stereocenters. The van der Waals surface area contributed by atoms with Gasteiger partial charge in [0.25, 0.3) is 0 Å². The van der Waals surface area contributed by atoms with Crippen LogP contribution in [0.15, 0.2) is 0 Å². The van der Waals surface area contributed by atoms with Crippen LogP contribution in [0.25, 0.3) is 0 Å². The molecule has 1 heterocycles. The molecule has 5 nitrogen and oxygen atoms in total. The molecule has 1 aliphatic carbocycles. The maximum absolute atomic E-state index is 12.1. The van der Waals surface area contributed by atoms with Crippen LogP contribution in [-0.2, 0) is 14.3 Å². The summed E-state index contributed by atoms with van der Waals surface area (Å²) in [6.07, 6.45) is 3.56. The van der Waals surface area contributed by atoms with Gasteiger partial charge in [-0.3, -0.25) is 9.59 Å². The summed E-state index contributed by atoms with van der Waals surface area (Å²) in [6.45, 7) is 2.05. The van der Waals surface area contributed by atoms with Crippen LogP contribution in [-0.4, -0.2) is 31.1 Å². The smallest absolute Gasteiger partial charge is 0.314 e. The van der Waals surface area contributed by atoms with Crippen molar-refractivity contribution in [2.75, 3.05) is 13.7 Å². The van der Waals surface area contributed by atoms with Gasteiger partial charge in [-0.05, 0) is 19.8 Å². The molecule has 2 fully saturated rings. The molecule has 1 saturated carbocycles. The molecule has 3 unspecified atom stereocenters. The normalized spacial score (nSPS) is 35.7. The zero-order valence-electron chi connectivity index (χ0n) is 10.4. The Bertz CT molecular complexity index is 354. The summed E-state index contributed by atoms with van der Waals surface area (Å²) in [7, 11) is 1.54. The van der Waals surface area contributed by atoms with Gasteiger partial charge < -0.3 is 15.8 Å². The molecule has 0 radical (unpaired) electrons. The number of likely N-dealkylation sites (N-methyl/N-ethyl adjacent to an activating group) is 1. The second-order valence-electron chi connectivity index (χ2n) is 5.29. The van der Waals surface area contributed by atoms with Gasteiger partial charge in [0.15, 0.2) is 0 Å². The lowest BCUT2D eigenvalue weighted by atomic mass is 9.58. The van der Waals surface area contributed by atoms with Gasteiger partial charge in [0.2, 0.25) is 5.91 Å². The van der Waals surface area contributed by atoms with Crippen LogP contribution in [0.4, 0.5) is 0 Å². The molecular formula is C12H20N2O3. The predicted molar refractivity (Wildman–Crippen MR) is 62.0 cm³/mol. The highest BCUT2D eigenvalue weighted by molar-refractivity contribution is 5.95. The number of esters is 1. The van der Waals surface area contributed by atoms with Crippen molar-refractivity contribution in [3.8, 4) is 0 Å². The molecule has 96 valence electrons. The summed E-state index contributed by atoms with van der Waals surface area (Å²) in [5.41, 5.74) is 4.18. The first-order valence-corrected chi connectivity index (χ1v) is 6.15. The van der Waals surface area contributed by atoms with E-state index in [1.165, 1.54) is 0 Å². The maximum atomic E-state index is 12.1. The summed E-state index contributed by atoms with van der Waals surface area (Å²) in [5.74, 6) is -0.505. The van der Waals surface area contributed by atoms with E-state index in [1.54, 1.807) is 14.0 Å². The largest absolute Gasteiger partial charge is 0.465 e. The van der Waals surface area contributed by atoms with Gasteiger partial charge in [0.05, 0.1) is 6.61 Å². The third-order valence-electron chi connectivity index (χ3n) is 4.48. The molecule has 1 aliphatic heterocycles. The third kappa shape index (κ3) is 1.48. The van der Waals surface area contributed by atoms with Gasteiger partial charge in [-0.25, -0.2) is 0 Å². The molecule has 0 aromatic heterocycles.